The lowest BCUT2D eigenvalue weighted by Crippen LogP contribution is -2.77. The first kappa shape index (κ1) is 20.3. The molecule has 0 amide bonds. The molecule has 1 aromatic rings. The fourth-order valence-electron chi connectivity index (χ4n) is 4.17. The Balaban J connectivity index is 2.06. The summed E-state index contributed by atoms with van der Waals surface area (Å²) in [6.07, 6.45) is -3.32. The summed E-state index contributed by atoms with van der Waals surface area (Å²) >= 11 is 0. The van der Waals surface area contributed by atoms with Gasteiger partial charge in [0.05, 0.1) is 12.6 Å². The van der Waals surface area contributed by atoms with Gasteiger partial charge in [0.1, 0.15) is 29.8 Å². The second-order valence-electron chi connectivity index (χ2n) is 7.91. The highest BCUT2D eigenvalue weighted by Gasteiger charge is 2.63. The van der Waals surface area contributed by atoms with Gasteiger partial charge in [-0.1, -0.05) is 0 Å². The summed E-state index contributed by atoms with van der Waals surface area (Å²) in [5, 5.41) is 51.4. The molecule has 8 nitrogen and oxygen atoms in total. The van der Waals surface area contributed by atoms with Gasteiger partial charge < -0.3 is 40.7 Å². The number of aliphatic hydroxyl groups excluding tert-OH is 3. The van der Waals surface area contributed by atoms with Crippen molar-refractivity contribution in [3.63, 3.8) is 0 Å². The number of aromatic hydroxyl groups is 1. The maximum Gasteiger partial charge on any atom is 0.224 e. The van der Waals surface area contributed by atoms with E-state index in [2.05, 4.69) is 0 Å². The number of fused-ring (bicyclic) bond motifs is 1. The molecule has 0 aromatic heterocycles. The van der Waals surface area contributed by atoms with Gasteiger partial charge in [0.25, 0.3) is 0 Å². The van der Waals surface area contributed by atoms with Gasteiger partial charge in [0.15, 0.2) is 5.60 Å². The Hall–Kier alpha value is -1.42. The van der Waals surface area contributed by atoms with Crippen molar-refractivity contribution in [3.05, 3.63) is 22.3 Å². The van der Waals surface area contributed by atoms with Gasteiger partial charge in [-0.2, -0.15) is 0 Å². The molecule has 0 aliphatic carbocycles. The van der Waals surface area contributed by atoms with E-state index >= 15 is 0 Å². The molecule has 152 valence electrons. The molecule has 3 rings (SSSR count). The number of aliphatic hydroxyl groups is 4. The number of phenolic OH excluding ortho intramolecular Hbond substituents is 1. The van der Waals surface area contributed by atoms with Crippen molar-refractivity contribution >= 4 is 0 Å². The largest absolute Gasteiger partial charge is 0.507 e. The van der Waals surface area contributed by atoms with Gasteiger partial charge in [-0.3, -0.25) is 0 Å². The van der Waals surface area contributed by atoms with Crippen LogP contribution in [-0.2, 0) is 11.2 Å². The average molecular weight is 383 g/mol. The summed E-state index contributed by atoms with van der Waals surface area (Å²) in [4.78, 5) is 0. The summed E-state index contributed by atoms with van der Waals surface area (Å²) in [5.41, 5.74) is 7.69. The van der Waals surface area contributed by atoms with Crippen LogP contribution in [0.1, 0.15) is 35.6 Å². The summed E-state index contributed by atoms with van der Waals surface area (Å²) in [7, 11) is 0. The summed E-state index contributed by atoms with van der Waals surface area (Å²) < 4.78 is 11.8. The van der Waals surface area contributed by atoms with E-state index in [-0.39, 0.29) is 5.75 Å². The van der Waals surface area contributed by atoms with Crippen LogP contribution in [0.3, 0.4) is 0 Å². The molecule has 2 aliphatic rings. The van der Waals surface area contributed by atoms with Gasteiger partial charge in [0.2, 0.25) is 5.79 Å². The normalized spacial score (nSPS) is 39.0. The maximum absolute atomic E-state index is 11.3. The Morgan fingerprint density at radius 1 is 1.11 bits per heavy atom. The highest BCUT2D eigenvalue weighted by molar-refractivity contribution is 5.58. The number of nitrogens with two attached hydrogens (primary N) is 1. The van der Waals surface area contributed by atoms with Crippen LogP contribution in [-0.4, -0.2) is 67.9 Å². The Bertz CT molecular complexity index is 752. The molecule has 0 radical (unpaired) electrons. The van der Waals surface area contributed by atoms with E-state index in [0.29, 0.717) is 24.2 Å². The van der Waals surface area contributed by atoms with E-state index in [1.54, 1.807) is 13.8 Å². The standard InChI is InChI=1S/C19H29NO7/c1-8-9(2)16-11(10(3)13(8)22)5-6-18(4,27-16)19(25)17(20)15(24)14(23)12(7-21)26-19/h12,14-15,17,21-25H,5-7,20H2,1-4H3/t12-,14-,15+,17-,18?,19+/m1/s1. The molecule has 1 saturated heterocycles. The van der Waals surface area contributed by atoms with E-state index in [0.717, 1.165) is 16.7 Å². The summed E-state index contributed by atoms with van der Waals surface area (Å²) in [6.45, 7) is 6.45. The first-order chi connectivity index (χ1) is 12.5. The fraction of sp³-hybridized carbons (Fsp3) is 0.684. The van der Waals surface area contributed by atoms with Crippen molar-refractivity contribution in [1.82, 2.24) is 0 Å². The van der Waals surface area contributed by atoms with Crippen LogP contribution < -0.4 is 10.5 Å². The highest BCUT2D eigenvalue weighted by Crippen LogP contribution is 2.48. The lowest BCUT2D eigenvalue weighted by atomic mass is 9.76. The lowest BCUT2D eigenvalue weighted by Gasteiger charge is -2.55. The van der Waals surface area contributed by atoms with Crippen LogP contribution in [0.25, 0.3) is 0 Å². The fourth-order valence-corrected chi connectivity index (χ4v) is 4.17. The minimum Gasteiger partial charge on any atom is -0.507 e. The monoisotopic (exact) mass is 383 g/mol. The Morgan fingerprint density at radius 3 is 2.33 bits per heavy atom. The molecule has 1 aromatic carbocycles. The third-order valence-corrected chi connectivity index (χ3v) is 6.34. The zero-order valence-corrected chi connectivity index (χ0v) is 16.1. The number of hydrogen-bond donors (Lipinski definition) is 6. The predicted molar refractivity (Wildman–Crippen MR) is 96.6 cm³/mol. The molecular formula is C19H29NO7. The summed E-state index contributed by atoms with van der Waals surface area (Å²) in [5.74, 6) is -1.37. The maximum atomic E-state index is 11.3. The Labute approximate surface area is 158 Å². The lowest BCUT2D eigenvalue weighted by molar-refractivity contribution is -0.365. The molecule has 27 heavy (non-hydrogen) atoms. The average Bonchev–Trinajstić information content (AvgIpc) is 2.65. The van der Waals surface area contributed by atoms with Crippen LogP contribution >= 0.6 is 0 Å². The number of hydrogen-bond acceptors (Lipinski definition) is 8. The van der Waals surface area contributed by atoms with Crippen LogP contribution in [0.5, 0.6) is 11.5 Å². The van der Waals surface area contributed by atoms with Crippen molar-refractivity contribution in [3.8, 4) is 11.5 Å². The van der Waals surface area contributed by atoms with E-state index in [9.17, 15) is 25.5 Å². The first-order valence-electron chi connectivity index (χ1n) is 9.12. The van der Waals surface area contributed by atoms with Crippen LogP contribution in [0.4, 0.5) is 0 Å². The Kier molecular flexibility index (Phi) is 4.95. The molecular weight excluding hydrogens is 354 g/mol. The third-order valence-electron chi connectivity index (χ3n) is 6.34. The highest BCUT2D eigenvalue weighted by atomic mass is 16.7. The molecule has 8 heteroatoms. The zero-order valence-electron chi connectivity index (χ0n) is 16.1. The second kappa shape index (κ2) is 6.58. The van der Waals surface area contributed by atoms with Gasteiger partial charge in [0, 0.05) is 5.56 Å². The van der Waals surface area contributed by atoms with Gasteiger partial charge >= 0.3 is 0 Å². The van der Waals surface area contributed by atoms with Gasteiger partial charge in [-0.05, 0) is 57.2 Å². The smallest absolute Gasteiger partial charge is 0.224 e. The first-order valence-corrected chi connectivity index (χ1v) is 9.12. The van der Waals surface area contributed by atoms with Crippen molar-refractivity contribution in [1.29, 1.82) is 0 Å². The van der Waals surface area contributed by atoms with Crippen LogP contribution in [0.15, 0.2) is 0 Å². The van der Waals surface area contributed by atoms with Crippen molar-refractivity contribution in [2.45, 2.75) is 76.3 Å². The quantitative estimate of drug-likeness (QED) is 0.402. The Morgan fingerprint density at radius 2 is 1.74 bits per heavy atom. The molecule has 6 atom stereocenters. The SMILES string of the molecule is Cc1c(C)c2c(c(C)c1O)CCC(C)([C@@]1(O)O[C@H](CO)[C@@H](O)[C@H](O)[C@H]1N)O2. The van der Waals surface area contributed by atoms with Gasteiger partial charge in [-0.25, -0.2) is 0 Å². The van der Waals surface area contributed by atoms with Crippen LogP contribution in [0.2, 0.25) is 0 Å². The van der Waals surface area contributed by atoms with Crippen molar-refractivity contribution in [2.24, 2.45) is 5.73 Å². The molecule has 0 bridgehead atoms. The van der Waals surface area contributed by atoms with E-state index in [1.165, 1.54) is 0 Å². The topological polar surface area (TPSA) is 146 Å². The predicted octanol–water partition coefficient (Wildman–Crippen LogP) is -0.470. The third kappa shape index (κ3) is 2.74. The zero-order chi connectivity index (χ0) is 20.3. The van der Waals surface area contributed by atoms with Crippen molar-refractivity contribution < 1.29 is 35.0 Å². The molecule has 1 unspecified atom stereocenters. The van der Waals surface area contributed by atoms with Crippen molar-refractivity contribution in [2.75, 3.05) is 6.61 Å². The number of phenols is 1. The minimum absolute atomic E-state index is 0.224. The number of benzene rings is 1. The molecule has 2 heterocycles. The molecule has 0 spiro atoms. The molecule has 7 N–H and O–H groups in total. The second-order valence-corrected chi connectivity index (χ2v) is 7.91. The van der Waals surface area contributed by atoms with E-state index in [4.69, 9.17) is 15.2 Å². The van der Waals surface area contributed by atoms with Crippen LogP contribution in [0, 0.1) is 20.8 Å². The minimum atomic E-state index is -2.14. The van der Waals surface area contributed by atoms with E-state index < -0.39 is 42.3 Å². The van der Waals surface area contributed by atoms with Gasteiger partial charge in [-0.15, -0.1) is 0 Å². The molecule has 2 aliphatic heterocycles. The van der Waals surface area contributed by atoms with E-state index in [1.807, 2.05) is 13.8 Å². The number of ether oxygens (including phenoxy) is 2. The molecule has 1 fully saturated rings. The summed E-state index contributed by atoms with van der Waals surface area (Å²) in [6, 6.07) is -1.35. The number of rotatable bonds is 2. The molecule has 0 saturated carbocycles.